The Balaban J connectivity index is 2.54. The summed E-state index contributed by atoms with van der Waals surface area (Å²) in [5.41, 5.74) is 0. The van der Waals surface area contributed by atoms with E-state index in [1.807, 2.05) is 0 Å². The quantitative estimate of drug-likeness (QED) is 0.651. The Labute approximate surface area is 74.1 Å². The minimum atomic E-state index is -1.61. The lowest BCUT2D eigenvalue weighted by atomic mass is 10.1. The van der Waals surface area contributed by atoms with Crippen LogP contribution in [0, 0.1) is 0 Å². The van der Waals surface area contributed by atoms with E-state index in [1.54, 1.807) is 25.2 Å². The molecular formula is C8H10BrFO. The Morgan fingerprint density at radius 1 is 1.64 bits per heavy atom. The molecule has 0 spiro atoms. The number of alkyl halides is 2. The van der Waals surface area contributed by atoms with Crippen LogP contribution in [-0.4, -0.2) is 10.9 Å². The summed E-state index contributed by atoms with van der Waals surface area (Å²) in [6.45, 7) is 1.74. The summed E-state index contributed by atoms with van der Waals surface area (Å²) in [6, 6.07) is 0. The zero-order valence-electron chi connectivity index (χ0n) is 6.26. The molecule has 1 rings (SSSR count). The van der Waals surface area contributed by atoms with Crippen LogP contribution >= 0.6 is 15.9 Å². The van der Waals surface area contributed by atoms with Gasteiger partial charge in [-0.3, -0.25) is 0 Å². The largest absolute Gasteiger partial charge is 0.328 e. The van der Waals surface area contributed by atoms with Gasteiger partial charge in [0, 0.05) is 6.42 Å². The predicted octanol–water partition coefficient (Wildman–Crippen LogP) is 2.93. The molecule has 0 N–H and O–H groups in total. The molecule has 1 nitrogen and oxygen atoms in total. The fourth-order valence-corrected chi connectivity index (χ4v) is 1.24. The second-order valence-corrected chi connectivity index (χ2v) is 3.73. The molecule has 0 aromatic heterocycles. The third-order valence-corrected chi connectivity index (χ3v) is 1.53. The zero-order chi connectivity index (χ0) is 8.32. The van der Waals surface area contributed by atoms with Crippen LogP contribution in [0.5, 0.6) is 0 Å². The van der Waals surface area contributed by atoms with Crippen LogP contribution in [0.25, 0.3) is 0 Å². The first kappa shape index (κ1) is 8.94. The first-order chi connectivity index (χ1) is 5.12. The van der Waals surface area contributed by atoms with E-state index in [9.17, 15) is 4.39 Å². The Morgan fingerprint density at radius 3 is 2.82 bits per heavy atom. The molecule has 0 saturated carbocycles. The molecule has 0 heterocycles. The molecule has 0 saturated heterocycles. The topological polar surface area (TPSA) is 9.23 Å². The van der Waals surface area contributed by atoms with E-state index < -0.39 is 5.85 Å². The van der Waals surface area contributed by atoms with E-state index in [-0.39, 0.29) is 5.01 Å². The Bertz CT molecular complexity index is 189. The normalized spacial score (nSPS) is 32.3. The van der Waals surface area contributed by atoms with E-state index >= 15 is 0 Å². The fourth-order valence-electron chi connectivity index (χ4n) is 0.932. The van der Waals surface area contributed by atoms with Gasteiger partial charge in [-0.2, -0.15) is 0 Å². The van der Waals surface area contributed by atoms with E-state index in [0.29, 0.717) is 6.42 Å². The zero-order valence-corrected chi connectivity index (χ0v) is 7.84. The summed E-state index contributed by atoms with van der Waals surface area (Å²) in [4.78, 5) is 0. The van der Waals surface area contributed by atoms with Gasteiger partial charge in [0.1, 0.15) is 5.01 Å². The van der Waals surface area contributed by atoms with Crippen molar-refractivity contribution in [2.24, 2.45) is 0 Å². The summed E-state index contributed by atoms with van der Waals surface area (Å²) in [7, 11) is 0. The minimum Gasteiger partial charge on any atom is -0.328 e. The van der Waals surface area contributed by atoms with Crippen LogP contribution in [0.3, 0.4) is 0 Å². The number of hydrogen-bond acceptors (Lipinski definition) is 1. The average Bonchev–Trinajstić information content (AvgIpc) is 1.85. The lowest BCUT2D eigenvalue weighted by Gasteiger charge is -2.23. The third-order valence-electron chi connectivity index (χ3n) is 1.35. The minimum absolute atomic E-state index is 0.261. The van der Waals surface area contributed by atoms with Gasteiger partial charge < -0.3 is 4.74 Å². The smallest absolute Gasteiger partial charge is 0.233 e. The SMILES string of the molecule is CC(Br)OC1(F)C=CC=CC1. The van der Waals surface area contributed by atoms with E-state index in [0.717, 1.165) is 0 Å². The van der Waals surface area contributed by atoms with Gasteiger partial charge in [-0.05, 0) is 13.0 Å². The second-order valence-electron chi connectivity index (χ2n) is 2.44. The lowest BCUT2D eigenvalue weighted by molar-refractivity contribution is -0.109. The van der Waals surface area contributed by atoms with E-state index in [1.165, 1.54) is 6.08 Å². The van der Waals surface area contributed by atoms with Crippen LogP contribution in [0.15, 0.2) is 24.3 Å². The average molecular weight is 221 g/mol. The van der Waals surface area contributed by atoms with Crippen LogP contribution in [0.4, 0.5) is 4.39 Å². The maximum absolute atomic E-state index is 13.4. The Morgan fingerprint density at radius 2 is 2.36 bits per heavy atom. The molecule has 3 heteroatoms. The van der Waals surface area contributed by atoms with Crippen LogP contribution in [0.2, 0.25) is 0 Å². The van der Waals surface area contributed by atoms with Gasteiger partial charge in [0.05, 0.1) is 0 Å². The highest BCUT2D eigenvalue weighted by molar-refractivity contribution is 9.09. The molecule has 11 heavy (non-hydrogen) atoms. The van der Waals surface area contributed by atoms with Crippen LogP contribution < -0.4 is 0 Å². The standard InChI is InChI=1S/C8H10BrFO/c1-7(9)11-8(10)5-3-2-4-6-8/h2-5,7H,6H2,1H3. The monoisotopic (exact) mass is 220 g/mol. The number of allylic oxidation sites excluding steroid dienone is 2. The summed E-state index contributed by atoms with van der Waals surface area (Å²) in [5, 5.41) is -0.261. The van der Waals surface area contributed by atoms with Crippen molar-refractivity contribution in [1.82, 2.24) is 0 Å². The highest BCUT2D eigenvalue weighted by Crippen LogP contribution is 2.26. The number of halogens is 2. The van der Waals surface area contributed by atoms with Crippen molar-refractivity contribution in [3.63, 3.8) is 0 Å². The molecule has 0 fully saturated rings. The van der Waals surface area contributed by atoms with Crippen molar-refractivity contribution in [3.05, 3.63) is 24.3 Å². The molecule has 0 bridgehead atoms. The van der Waals surface area contributed by atoms with Gasteiger partial charge >= 0.3 is 0 Å². The summed E-state index contributed by atoms with van der Waals surface area (Å²) >= 11 is 3.12. The molecule has 0 radical (unpaired) electrons. The molecule has 0 aromatic carbocycles. The Hall–Kier alpha value is -0.150. The second kappa shape index (κ2) is 3.50. The van der Waals surface area contributed by atoms with Gasteiger partial charge in [0.25, 0.3) is 0 Å². The summed E-state index contributed by atoms with van der Waals surface area (Å²) in [5.74, 6) is -1.61. The lowest BCUT2D eigenvalue weighted by Crippen LogP contribution is -2.27. The molecule has 1 aliphatic rings. The molecule has 0 amide bonds. The third kappa shape index (κ3) is 2.75. The van der Waals surface area contributed by atoms with Crippen molar-refractivity contribution in [2.75, 3.05) is 0 Å². The van der Waals surface area contributed by atoms with Crippen molar-refractivity contribution in [1.29, 1.82) is 0 Å². The first-order valence-electron chi connectivity index (χ1n) is 3.47. The van der Waals surface area contributed by atoms with E-state index in [2.05, 4.69) is 15.9 Å². The molecule has 62 valence electrons. The Kier molecular flexibility index (Phi) is 2.84. The van der Waals surface area contributed by atoms with Gasteiger partial charge in [0.2, 0.25) is 5.85 Å². The molecule has 0 aliphatic heterocycles. The van der Waals surface area contributed by atoms with E-state index in [4.69, 9.17) is 4.74 Å². The summed E-state index contributed by atoms with van der Waals surface area (Å²) in [6.07, 6.45) is 6.92. The van der Waals surface area contributed by atoms with Crippen molar-refractivity contribution in [2.45, 2.75) is 24.2 Å². The van der Waals surface area contributed by atoms with Crippen molar-refractivity contribution >= 4 is 15.9 Å². The highest BCUT2D eigenvalue weighted by atomic mass is 79.9. The van der Waals surface area contributed by atoms with Gasteiger partial charge in [-0.15, -0.1) is 0 Å². The van der Waals surface area contributed by atoms with Crippen molar-refractivity contribution in [3.8, 4) is 0 Å². The maximum atomic E-state index is 13.4. The first-order valence-corrected chi connectivity index (χ1v) is 4.39. The maximum Gasteiger partial charge on any atom is 0.233 e. The van der Waals surface area contributed by atoms with Crippen LogP contribution in [0.1, 0.15) is 13.3 Å². The molecule has 2 unspecified atom stereocenters. The van der Waals surface area contributed by atoms with Crippen molar-refractivity contribution < 1.29 is 9.13 Å². The van der Waals surface area contributed by atoms with Gasteiger partial charge in [-0.1, -0.05) is 34.2 Å². The highest BCUT2D eigenvalue weighted by Gasteiger charge is 2.28. The van der Waals surface area contributed by atoms with Gasteiger partial charge in [-0.25, -0.2) is 4.39 Å². The fraction of sp³-hybridized carbons (Fsp3) is 0.500. The number of hydrogen-bond donors (Lipinski definition) is 0. The molecule has 1 aliphatic carbocycles. The summed E-state index contributed by atoms with van der Waals surface area (Å²) < 4.78 is 18.4. The number of rotatable bonds is 2. The predicted molar refractivity (Wildman–Crippen MR) is 46.2 cm³/mol. The molecular weight excluding hydrogens is 211 g/mol. The van der Waals surface area contributed by atoms with Gasteiger partial charge in [0.15, 0.2) is 0 Å². The van der Waals surface area contributed by atoms with Crippen LogP contribution in [-0.2, 0) is 4.74 Å². The number of ether oxygens (including phenoxy) is 1. The molecule has 0 aromatic rings. The molecule has 2 atom stereocenters.